The molecule has 2 heterocycles. The molecule has 0 fully saturated rings. The van der Waals surface area contributed by atoms with Gasteiger partial charge in [0.15, 0.2) is 5.76 Å². The summed E-state index contributed by atoms with van der Waals surface area (Å²) in [5.41, 5.74) is 0.106. The van der Waals surface area contributed by atoms with Crippen molar-refractivity contribution in [1.29, 1.82) is 0 Å². The fraction of sp³-hybridized carbons (Fsp3) is 0.118. The molecule has 0 amide bonds. The molecule has 0 unspecified atom stereocenters. The van der Waals surface area contributed by atoms with Crippen LogP contribution in [0.15, 0.2) is 59.2 Å². The Bertz CT molecular complexity index is 978. The normalized spacial score (nSPS) is 11.6. The van der Waals surface area contributed by atoms with Crippen molar-refractivity contribution in [3.05, 3.63) is 81.7 Å². The Balaban J connectivity index is 1.64. The van der Waals surface area contributed by atoms with Gasteiger partial charge in [0.2, 0.25) is 15.8 Å². The average Bonchev–Trinajstić information content (AvgIpc) is 3.26. The molecule has 0 aliphatic carbocycles. The van der Waals surface area contributed by atoms with Crippen LogP contribution in [0.25, 0.3) is 0 Å². The number of hydrogen-bond acceptors (Lipinski definition) is 5. The zero-order valence-corrected chi connectivity index (χ0v) is 14.6. The maximum absolute atomic E-state index is 13.6. The molecule has 3 rings (SSSR count). The Kier molecular flexibility index (Phi) is 5.12. The van der Waals surface area contributed by atoms with Crippen LogP contribution in [0.3, 0.4) is 0 Å². The number of carbonyl (C=O) groups excluding carboxylic acids is 1. The number of thiophene rings is 1. The van der Waals surface area contributed by atoms with Crippen molar-refractivity contribution in [1.82, 2.24) is 4.72 Å². The number of rotatable bonds is 7. The van der Waals surface area contributed by atoms with Gasteiger partial charge in [-0.15, -0.1) is 11.3 Å². The van der Waals surface area contributed by atoms with Crippen molar-refractivity contribution in [3.63, 3.8) is 0 Å². The minimum atomic E-state index is -3.70. The van der Waals surface area contributed by atoms with Gasteiger partial charge in [-0.2, -0.15) is 0 Å². The monoisotopic (exact) mass is 379 g/mol. The van der Waals surface area contributed by atoms with E-state index in [-0.39, 0.29) is 23.7 Å². The molecule has 130 valence electrons. The lowest BCUT2D eigenvalue weighted by Gasteiger charge is -2.06. The van der Waals surface area contributed by atoms with E-state index in [0.29, 0.717) is 9.75 Å². The predicted octanol–water partition coefficient (Wildman–Crippen LogP) is 3.33. The lowest BCUT2D eigenvalue weighted by Crippen LogP contribution is -2.24. The topological polar surface area (TPSA) is 76.4 Å². The highest BCUT2D eigenvalue weighted by atomic mass is 32.2. The molecule has 5 nitrogen and oxygen atoms in total. The minimum absolute atomic E-state index is 0.0346. The van der Waals surface area contributed by atoms with Crippen molar-refractivity contribution in [2.45, 2.75) is 12.3 Å². The first-order chi connectivity index (χ1) is 11.9. The summed E-state index contributed by atoms with van der Waals surface area (Å²) in [6.45, 7) is 0.0346. The quantitative estimate of drug-likeness (QED) is 0.639. The van der Waals surface area contributed by atoms with Crippen LogP contribution in [0.5, 0.6) is 0 Å². The van der Waals surface area contributed by atoms with Crippen molar-refractivity contribution >= 4 is 27.1 Å². The number of ketones is 1. The first-order valence-electron chi connectivity index (χ1n) is 7.32. The molecular formula is C17H14FNO4S2. The molecular weight excluding hydrogens is 365 g/mol. The molecule has 0 spiro atoms. The van der Waals surface area contributed by atoms with Crippen LogP contribution in [-0.4, -0.2) is 14.2 Å². The van der Waals surface area contributed by atoms with Gasteiger partial charge in [-0.05, 0) is 30.3 Å². The number of hydrogen-bond donors (Lipinski definition) is 1. The van der Waals surface area contributed by atoms with Crippen molar-refractivity contribution in [3.8, 4) is 0 Å². The maximum Gasteiger partial charge on any atom is 0.238 e. The predicted molar refractivity (Wildman–Crippen MR) is 92.3 cm³/mol. The van der Waals surface area contributed by atoms with Crippen LogP contribution in [0, 0.1) is 5.82 Å². The lowest BCUT2D eigenvalue weighted by atomic mass is 10.2. The second-order valence-electron chi connectivity index (χ2n) is 5.24. The molecule has 0 saturated carbocycles. The van der Waals surface area contributed by atoms with E-state index in [4.69, 9.17) is 4.42 Å². The number of sulfonamides is 1. The van der Waals surface area contributed by atoms with Gasteiger partial charge >= 0.3 is 0 Å². The van der Waals surface area contributed by atoms with E-state index in [9.17, 15) is 17.6 Å². The third kappa shape index (κ3) is 4.41. The molecule has 1 N–H and O–H groups in total. The van der Waals surface area contributed by atoms with Crippen molar-refractivity contribution < 1.29 is 22.0 Å². The Hall–Kier alpha value is -2.29. The Morgan fingerprint density at radius 2 is 1.92 bits per heavy atom. The summed E-state index contributed by atoms with van der Waals surface area (Å²) in [7, 11) is -3.70. The number of benzene rings is 1. The number of halogens is 1. The molecule has 0 aliphatic rings. The summed E-state index contributed by atoms with van der Waals surface area (Å²) >= 11 is 1.18. The molecule has 0 bridgehead atoms. The molecule has 8 heteroatoms. The standard InChI is InChI=1S/C17H14FNO4S2/c18-14-5-2-1-4-12(14)11-25(21,22)19-10-13-7-8-16(24-13)17(20)15-6-3-9-23-15/h1-9,19H,10-11H2. The van der Waals surface area contributed by atoms with E-state index in [0.717, 1.165) is 0 Å². The maximum atomic E-state index is 13.6. The van der Waals surface area contributed by atoms with Crippen LogP contribution in [0.4, 0.5) is 4.39 Å². The van der Waals surface area contributed by atoms with E-state index in [1.54, 1.807) is 30.3 Å². The molecule has 0 saturated heterocycles. The highest BCUT2D eigenvalue weighted by Crippen LogP contribution is 2.21. The molecule has 1 aromatic carbocycles. The fourth-order valence-electron chi connectivity index (χ4n) is 2.18. The fourth-order valence-corrected chi connectivity index (χ4v) is 4.28. The largest absolute Gasteiger partial charge is 0.461 e. The van der Waals surface area contributed by atoms with E-state index in [1.165, 1.54) is 35.8 Å². The second-order valence-corrected chi connectivity index (χ2v) is 8.22. The molecule has 0 radical (unpaired) electrons. The highest BCUT2D eigenvalue weighted by Gasteiger charge is 2.17. The second kappa shape index (κ2) is 7.30. The summed E-state index contributed by atoms with van der Waals surface area (Å²) in [4.78, 5) is 13.3. The SMILES string of the molecule is O=C(c1ccco1)c1ccc(CNS(=O)(=O)Cc2ccccc2F)s1. The van der Waals surface area contributed by atoms with Gasteiger partial charge in [-0.3, -0.25) is 4.79 Å². The van der Waals surface area contributed by atoms with E-state index < -0.39 is 21.6 Å². The van der Waals surface area contributed by atoms with Crippen LogP contribution in [0.1, 0.15) is 25.9 Å². The first kappa shape index (κ1) is 17.5. The van der Waals surface area contributed by atoms with E-state index in [1.807, 2.05) is 0 Å². The third-order valence-electron chi connectivity index (χ3n) is 3.40. The molecule has 2 aromatic heterocycles. The zero-order chi connectivity index (χ0) is 17.9. The summed E-state index contributed by atoms with van der Waals surface area (Å²) in [5, 5.41) is 0. The van der Waals surface area contributed by atoms with Gasteiger partial charge in [0.05, 0.1) is 16.9 Å². The smallest absolute Gasteiger partial charge is 0.238 e. The van der Waals surface area contributed by atoms with Crippen LogP contribution in [0.2, 0.25) is 0 Å². The van der Waals surface area contributed by atoms with Gasteiger partial charge in [0.25, 0.3) is 0 Å². The molecule has 3 aromatic rings. The molecule has 25 heavy (non-hydrogen) atoms. The molecule has 0 atom stereocenters. The Labute approximate surface area is 148 Å². The zero-order valence-electron chi connectivity index (χ0n) is 12.9. The van der Waals surface area contributed by atoms with Gasteiger partial charge < -0.3 is 4.42 Å². The molecule has 0 aliphatic heterocycles. The minimum Gasteiger partial charge on any atom is -0.461 e. The van der Waals surface area contributed by atoms with Gasteiger partial charge in [-0.1, -0.05) is 18.2 Å². The Morgan fingerprint density at radius 3 is 2.64 bits per heavy atom. The number of furan rings is 1. The van der Waals surface area contributed by atoms with Crippen LogP contribution in [-0.2, 0) is 22.3 Å². The van der Waals surface area contributed by atoms with E-state index in [2.05, 4.69) is 4.72 Å². The van der Waals surface area contributed by atoms with Gasteiger partial charge in [-0.25, -0.2) is 17.5 Å². The summed E-state index contributed by atoms with van der Waals surface area (Å²) in [5.74, 6) is -1.03. The van der Waals surface area contributed by atoms with Crippen molar-refractivity contribution in [2.75, 3.05) is 0 Å². The summed E-state index contributed by atoms with van der Waals surface area (Å²) < 4.78 is 45.2. The van der Waals surface area contributed by atoms with Crippen LogP contribution < -0.4 is 4.72 Å². The average molecular weight is 379 g/mol. The van der Waals surface area contributed by atoms with Gasteiger partial charge in [0.1, 0.15) is 5.82 Å². The lowest BCUT2D eigenvalue weighted by molar-refractivity contribution is 0.101. The summed E-state index contributed by atoms with van der Waals surface area (Å²) in [6, 6.07) is 12.2. The third-order valence-corrected chi connectivity index (χ3v) is 5.76. The van der Waals surface area contributed by atoms with Gasteiger partial charge in [0, 0.05) is 17.0 Å². The first-order valence-corrected chi connectivity index (χ1v) is 9.79. The number of carbonyl (C=O) groups is 1. The number of nitrogens with one attached hydrogen (secondary N) is 1. The van der Waals surface area contributed by atoms with Crippen molar-refractivity contribution in [2.24, 2.45) is 0 Å². The Morgan fingerprint density at radius 1 is 1.12 bits per heavy atom. The van der Waals surface area contributed by atoms with E-state index >= 15 is 0 Å². The summed E-state index contributed by atoms with van der Waals surface area (Å²) in [6.07, 6.45) is 1.42. The highest BCUT2D eigenvalue weighted by molar-refractivity contribution is 7.88. The van der Waals surface area contributed by atoms with Crippen LogP contribution >= 0.6 is 11.3 Å².